The third kappa shape index (κ3) is 7.13. The van der Waals surface area contributed by atoms with E-state index >= 15 is 0 Å². The van der Waals surface area contributed by atoms with Gasteiger partial charge in [-0.05, 0) is 18.6 Å². The molecule has 0 aliphatic heterocycles. The Kier molecular flexibility index (Phi) is 8.94. The van der Waals surface area contributed by atoms with E-state index in [0.29, 0.717) is 6.42 Å². The highest BCUT2D eigenvalue weighted by Gasteiger charge is 2.65. The summed E-state index contributed by atoms with van der Waals surface area (Å²) < 4.78 is 70.4. The molecule has 1 amide bonds. The van der Waals surface area contributed by atoms with Gasteiger partial charge in [0.2, 0.25) is 3.79 Å². The molecule has 1 aromatic carbocycles. The van der Waals surface area contributed by atoms with E-state index in [4.69, 9.17) is 39.5 Å². The molecule has 1 N–H and O–H groups in total. The van der Waals surface area contributed by atoms with Crippen LogP contribution in [0.25, 0.3) is 0 Å². The summed E-state index contributed by atoms with van der Waals surface area (Å²) in [7, 11) is 0. The van der Waals surface area contributed by atoms with E-state index in [1.807, 2.05) is 6.92 Å². The van der Waals surface area contributed by atoms with Crippen molar-refractivity contribution < 1.29 is 41.0 Å². The van der Waals surface area contributed by atoms with Crippen LogP contribution < -0.4 is 10.1 Å². The van der Waals surface area contributed by atoms with Gasteiger partial charge in [-0.15, -0.1) is 0 Å². The van der Waals surface area contributed by atoms with Gasteiger partial charge in [-0.1, -0.05) is 60.3 Å². The Morgan fingerprint density at radius 1 is 1.10 bits per heavy atom. The summed E-state index contributed by atoms with van der Waals surface area (Å²) >= 11 is 17.2. The van der Waals surface area contributed by atoms with Gasteiger partial charge in [-0.3, -0.25) is 4.79 Å². The van der Waals surface area contributed by atoms with Crippen LogP contribution in [0.1, 0.15) is 30.1 Å². The van der Waals surface area contributed by atoms with Gasteiger partial charge in [-0.2, -0.15) is 22.0 Å². The molecule has 29 heavy (non-hydrogen) atoms. The highest BCUT2D eigenvalue weighted by molar-refractivity contribution is 6.68. The largest absolute Gasteiger partial charge is 0.465 e. The fourth-order valence-corrected chi connectivity index (χ4v) is 2.14. The Morgan fingerprint density at radius 3 is 2.21 bits per heavy atom. The highest BCUT2D eigenvalue weighted by atomic mass is 35.6. The second kappa shape index (κ2) is 10.1. The van der Waals surface area contributed by atoms with Crippen LogP contribution in [0.3, 0.4) is 0 Å². The number of unbranched alkanes of at least 4 members (excludes halogenated alkanes) is 1. The highest BCUT2D eigenvalue weighted by Crippen LogP contribution is 2.37. The minimum absolute atomic E-state index is 0.101. The van der Waals surface area contributed by atoms with Crippen LogP contribution in [0.4, 0.5) is 22.0 Å². The summed E-state index contributed by atoms with van der Waals surface area (Å²) in [4.78, 5) is 23.7. The summed E-state index contributed by atoms with van der Waals surface area (Å²) in [6.45, 7) is 1.96. The topological polar surface area (TPSA) is 64.6 Å². The van der Waals surface area contributed by atoms with Gasteiger partial charge in [0, 0.05) is 6.61 Å². The maximum absolute atomic E-state index is 13.1. The van der Waals surface area contributed by atoms with Crippen molar-refractivity contribution >= 4 is 46.7 Å². The zero-order valence-electron chi connectivity index (χ0n) is 14.7. The first-order valence-electron chi connectivity index (χ1n) is 7.96. The third-order valence-corrected chi connectivity index (χ3v) is 3.88. The Bertz CT molecular complexity index is 725. The van der Waals surface area contributed by atoms with Crippen LogP contribution in [-0.4, -0.2) is 40.6 Å². The average Bonchev–Trinajstić information content (AvgIpc) is 2.59. The number of hydrogen-bond donors (Lipinski definition) is 1. The second-order valence-corrected chi connectivity index (χ2v) is 7.95. The molecule has 0 radical (unpaired) electrons. The SMILES string of the molecule is CCCCOC(NC(=O)c1ccccc1OC(=O)C(F)(F)C(F)(F)F)C(Cl)(Cl)Cl. The minimum Gasteiger partial charge on any atom is -0.421 e. The van der Waals surface area contributed by atoms with E-state index in [0.717, 1.165) is 24.6 Å². The number of amides is 1. The molecule has 0 saturated heterocycles. The first-order chi connectivity index (χ1) is 13.2. The summed E-state index contributed by atoms with van der Waals surface area (Å²) in [5, 5.41) is 2.16. The molecular formula is C16H15Cl3F5NO4. The number of carbonyl (C=O) groups excluding carboxylic acids is 2. The molecule has 1 unspecified atom stereocenters. The number of ether oxygens (including phenoxy) is 2. The van der Waals surface area contributed by atoms with Gasteiger partial charge < -0.3 is 14.8 Å². The van der Waals surface area contributed by atoms with Gasteiger partial charge in [0.05, 0.1) is 5.56 Å². The van der Waals surface area contributed by atoms with Gasteiger partial charge >= 0.3 is 18.1 Å². The van der Waals surface area contributed by atoms with Crippen molar-refractivity contribution in [2.75, 3.05) is 6.61 Å². The third-order valence-electron chi connectivity index (χ3n) is 3.29. The fraction of sp³-hybridized carbons (Fsp3) is 0.500. The van der Waals surface area contributed by atoms with Crippen molar-refractivity contribution in [2.24, 2.45) is 0 Å². The zero-order chi connectivity index (χ0) is 22.5. The van der Waals surface area contributed by atoms with E-state index in [2.05, 4.69) is 10.1 Å². The number of hydrogen-bond acceptors (Lipinski definition) is 4. The van der Waals surface area contributed by atoms with Crippen LogP contribution >= 0.6 is 34.8 Å². The molecule has 0 saturated carbocycles. The number of esters is 1. The molecule has 1 atom stereocenters. The molecule has 0 aromatic heterocycles. The van der Waals surface area contributed by atoms with E-state index in [1.54, 1.807) is 0 Å². The molecular weight excluding hydrogens is 472 g/mol. The van der Waals surface area contributed by atoms with Gasteiger partial charge in [0.1, 0.15) is 5.75 Å². The number of halogens is 8. The van der Waals surface area contributed by atoms with Gasteiger partial charge in [0.15, 0.2) is 6.23 Å². The van der Waals surface area contributed by atoms with E-state index in [1.165, 1.54) is 6.07 Å². The number of rotatable bonds is 8. The van der Waals surface area contributed by atoms with Crippen molar-refractivity contribution in [3.8, 4) is 5.75 Å². The fourth-order valence-electron chi connectivity index (χ4n) is 1.78. The monoisotopic (exact) mass is 485 g/mol. The zero-order valence-corrected chi connectivity index (χ0v) is 16.9. The van der Waals surface area contributed by atoms with Crippen molar-refractivity contribution in [2.45, 2.75) is 41.9 Å². The van der Waals surface area contributed by atoms with E-state index in [-0.39, 0.29) is 6.61 Å². The molecule has 0 fully saturated rings. The Balaban J connectivity index is 3.05. The molecule has 0 heterocycles. The number of benzene rings is 1. The van der Waals surface area contributed by atoms with Crippen molar-refractivity contribution in [1.82, 2.24) is 5.32 Å². The molecule has 0 bridgehead atoms. The van der Waals surface area contributed by atoms with E-state index in [9.17, 15) is 31.5 Å². The maximum atomic E-state index is 13.1. The summed E-state index contributed by atoms with van der Waals surface area (Å²) in [5.74, 6) is -10.6. The lowest BCUT2D eigenvalue weighted by atomic mass is 10.2. The first-order valence-corrected chi connectivity index (χ1v) is 9.10. The molecule has 1 aromatic rings. The summed E-state index contributed by atoms with van der Waals surface area (Å²) in [6, 6.07) is 4.25. The Morgan fingerprint density at radius 2 is 1.69 bits per heavy atom. The molecule has 13 heteroatoms. The van der Waals surface area contributed by atoms with Crippen molar-refractivity contribution in [3.63, 3.8) is 0 Å². The molecule has 164 valence electrons. The van der Waals surface area contributed by atoms with Crippen LogP contribution in [0.5, 0.6) is 5.75 Å². The normalized spacial score (nSPS) is 13.7. The molecule has 0 spiro atoms. The Hall–Kier alpha value is -1.36. The van der Waals surface area contributed by atoms with Crippen LogP contribution in [0.15, 0.2) is 24.3 Å². The lowest BCUT2D eigenvalue weighted by Gasteiger charge is -2.26. The average molecular weight is 487 g/mol. The van der Waals surface area contributed by atoms with Crippen LogP contribution in [0, 0.1) is 0 Å². The number of carbonyl (C=O) groups is 2. The molecule has 5 nitrogen and oxygen atoms in total. The van der Waals surface area contributed by atoms with Crippen LogP contribution in [-0.2, 0) is 9.53 Å². The molecule has 0 aliphatic rings. The second-order valence-electron chi connectivity index (χ2n) is 5.58. The molecule has 0 aliphatic carbocycles. The lowest BCUT2D eigenvalue weighted by Crippen LogP contribution is -2.47. The van der Waals surface area contributed by atoms with Crippen molar-refractivity contribution in [1.29, 1.82) is 0 Å². The van der Waals surface area contributed by atoms with Crippen LogP contribution in [0.2, 0.25) is 0 Å². The quantitative estimate of drug-likeness (QED) is 0.140. The Labute approximate surface area is 177 Å². The first kappa shape index (κ1) is 25.7. The van der Waals surface area contributed by atoms with Crippen molar-refractivity contribution in [3.05, 3.63) is 29.8 Å². The number of nitrogens with one attached hydrogen (secondary N) is 1. The predicted molar refractivity (Wildman–Crippen MR) is 95.5 cm³/mol. The standard InChI is InChI=1S/C16H15Cl3F5NO4/c1-2-3-8-28-12(15(17,18)19)25-11(26)9-6-4-5-7-10(9)29-13(27)14(20,21)16(22,23)24/h4-7,12H,2-3,8H2,1H3,(H,25,26). The summed E-state index contributed by atoms with van der Waals surface area (Å²) in [6.07, 6.45) is -6.36. The van der Waals surface area contributed by atoms with Gasteiger partial charge in [-0.25, -0.2) is 4.79 Å². The minimum atomic E-state index is -6.17. The summed E-state index contributed by atoms with van der Waals surface area (Å²) in [5.41, 5.74) is -0.558. The lowest BCUT2D eigenvalue weighted by molar-refractivity contribution is -0.276. The number of para-hydroxylation sites is 1. The maximum Gasteiger partial charge on any atom is 0.465 e. The van der Waals surface area contributed by atoms with E-state index < -0.39 is 45.3 Å². The predicted octanol–water partition coefficient (Wildman–Crippen LogP) is 5.03. The molecule has 1 rings (SSSR count). The number of alkyl halides is 8. The smallest absolute Gasteiger partial charge is 0.421 e. The van der Waals surface area contributed by atoms with Gasteiger partial charge in [0.25, 0.3) is 5.91 Å².